The number of hydrogen-bond donors (Lipinski definition) is 0. The molecular formula is C16H15N3O5S. The summed E-state index contributed by atoms with van der Waals surface area (Å²) in [5, 5.41) is 10.7. The number of aryl methyl sites for hydroxylation is 1. The molecule has 0 unspecified atom stereocenters. The molecule has 8 nitrogen and oxygen atoms in total. The first kappa shape index (κ1) is 16.9. The molecule has 0 aliphatic carbocycles. The minimum absolute atomic E-state index is 0.170. The van der Waals surface area contributed by atoms with Gasteiger partial charge >= 0.3 is 11.8 Å². The van der Waals surface area contributed by atoms with Crippen LogP contribution in [0.15, 0.2) is 39.7 Å². The number of carbonyl (C=O) groups is 1. The van der Waals surface area contributed by atoms with Gasteiger partial charge in [-0.3, -0.25) is 14.9 Å². The van der Waals surface area contributed by atoms with Gasteiger partial charge in [0, 0.05) is 6.54 Å². The van der Waals surface area contributed by atoms with Crippen molar-refractivity contribution in [2.45, 2.75) is 20.4 Å². The number of furan rings is 1. The van der Waals surface area contributed by atoms with E-state index in [0.29, 0.717) is 18.0 Å². The molecule has 130 valence electrons. The zero-order valence-electron chi connectivity index (χ0n) is 13.6. The molecule has 3 aromatic rings. The number of ether oxygens (including phenoxy) is 1. The maximum atomic E-state index is 12.3. The topological polar surface area (TPSA) is 99.9 Å². The van der Waals surface area contributed by atoms with Gasteiger partial charge < -0.3 is 13.7 Å². The minimum atomic E-state index is -0.698. The SMILES string of the molecule is CCOc1cccc2sc(=NC(=O)c3ccc([N+](=O)[O-])o3)n(CC)c12. The first-order valence-corrected chi connectivity index (χ1v) is 8.45. The molecule has 1 aromatic carbocycles. The highest BCUT2D eigenvalue weighted by molar-refractivity contribution is 7.16. The number of hydrogen-bond acceptors (Lipinski definition) is 6. The minimum Gasteiger partial charge on any atom is -0.492 e. The van der Waals surface area contributed by atoms with Crippen molar-refractivity contribution in [2.75, 3.05) is 6.61 Å². The third kappa shape index (κ3) is 3.18. The maximum absolute atomic E-state index is 12.3. The summed E-state index contributed by atoms with van der Waals surface area (Å²) in [5.74, 6) is -0.603. The van der Waals surface area contributed by atoms with Gasteiger partial charge in [-0.15, -0.1) is 0 Å². The highest BCUT2D eigenvalue weighted by Crippen LogP contribution is 2.27. The smallest absolute Gasteiger partial charge is 0.433 e. The van der Waals surface area contributed by atoms with E-state index in [1.165, 1.54) is 17.4 Å². The van der Waals surface area contributed by atoms with Crippen LogP contribution in [0.1, 0.15) is 24.4 Å². The van der Waals surface area contributed by atoms with Crippen molar-refractivity contribution in [2.24, 2.45) is 4.99 Å². The first-order chi connectivity index (χ1) is 12.0. The van der Waals surface area contributed by atoms with Gasteiger partial charge in [-0.05, 0) is 32.0 Å². The summed E-state index contributed by atoms with van der Waals surface area (Å²) < 4.78 is 13.4. The highest BCUT2D eigenvalue weighted by Gasteiger charge is 2.18. The first-order valence-electron chi connectivity index (χ1n) is 7.63. The molecule has 0 saturated carbocycles. The van der Waals surface area contributed by atoms with Gasteiger partial charge in [0.15, 0.2) is 4.80 Å². The number of fused-ring (bicyclic) bond motifs is 1. The molecule has 0 aliphatic rings. The van der Waals surface area contributed by atoms with Gasteiger partial charge in [-0.25, -0.2) is 0 Å². The van der Waals surface area contributed by atoms with Crippen molar-refractivity contribution in [3.8, 4) is 5.75 Å². The Bertz CT molecular complexity index is 1010. The Balaban J connectivity index is 2.10. The molecule has 0 aliphatic heterocycles. The van der Waals surface area contributed by atoms with Crippen LogP contribution in [0.25, 0.3) is 10.2 Å². The molecule has 0 atom stereocenters. The number of benzene rings is 1. The molecule has 0 radical (unpaired) electrons. The van der Waals surface area contributed by atoms with Gasteiger partial charge in [0.25, 0.3) is 0 Å². The van der Waals surface area contributed by atoms with Gasteiger partial charge in [-0.1, -0.05) is 17.4 Å². The molecule has 0 saturated heterocycles. The fraction of sp³-hybridized carbons (Fsp3) is 0.250. The van der Waals surface area contributed by atoms with Crippen LogP contribution in [-0.4, -0.2) is 22.0 Å². The second-order valence-corrected chi connectivity index (χ2v) is 5.99. The molecule has 2 aromatic heterocycles. The number of para-hydroxylation sites is 1. The van der Waals surface area contributed by atoms with Crippen LogP contribution in [0.4, 0.5) is 5.88 Å². The van der Waals surface area contributed by atoms with Crippen LogP contribution in [0.5, 0.6) is 5.75 Å². The van der Waals surface area contributed by atoms with E-state index < -0.39 is 16.7 Å². The van der Waals surface area contributed by atoms with E-state index in [4.69, 9.17) is 9.15 Å². The standard InChI is InChI=1S/C16H15N3O5S/c1-3-18-14-10(23-4-2)6-5-7-12(14)25-16(18)17-15(20)11-8-9-13(24-11)19(21)22/h5-9H,3-4H2,1-2H3. The van der Waals surface area contributed by atoms with Crippen molar-refractivity contribution >= 4 is 33.3 Å². The van der Waals surface area contributed by atoms with Crippen molar-refractivity contribution in [3.63, 3.8) is 0 Å². The lowest BCUT2D eigenvalue weighted by Gasteiger charge is -2.07. The van der Waals surface area contributed by atoms with E-state index in [-0.39, 0.29) is 5.76 Å². The summed E-state index contributed by atoms with van der Waals surface area (Å²) in [4.78, 5) is 26.8. The van der Waals surface area contributed by atoms with E-state index >= 15 is 0 Å². The third-order valence-electron chi connectivity index (χ3n) is 3.46. The second kappa shape index (κ2) is 6.89. The van der Waals surface area contributed by atoms with E-state index in [1.54, 1.807) is 0 Å². The quantitative estimate of drug-likeness (QED) is 0.512. The Kier molecular flexibility index (Phi) is 4.66. The number of aromatic nitrogens is 1. The van der Waals surface area contributed by atoms with Crippen molar-refractivity contribution in [1.82, 2.24) is 4.57 Å². The lowest BCUT2D eigenvalue weighted by atomic mass is 10.3. The summed E-state index contributed by atoms with van der Waals surface area (Å²) in [6.07, 6.45) is 0. The fourth-order valence-corrected chi connectivity index (χ4v) is 3.54. The average Bonchev–Trinajstić information content (AvgIpc) is 3.20. The average molecular weight is 361 g/mol. The predicted molar refractivity (Wildman–Crippen MR) is 91.9 cm³/mol. The zero-order chi connectivity index (χ0) is 18.0. The maximum Gasteiger partial charge on any atom is 0.433 e. The lowest BCUT2D eigenvalue weighted by Crippen LogP contribution is -2.16. The van der Waals surface area contributed by atoms with Crippen LogP contribution >= 0.6 is 11.3 Å². The second-order valence-electron chi connectivity index (χ2n) is 4.98. The number of nitro groups is 1. The van der Waals surface area contributed by atoms with Crippen LogP contribution < -0.4 is 9.54 Å². The normalized spacial score (nSPS) is 11.8. The van der Waals surface area contributed by atoms with Crippen LogP contribution in [0.3, 0.4) is 0 Å². The molecule has 9 heteroatoms. The van der Waals surface area contributed by atoms with E-state index in [2.05, 4.69) is 4.99 Å². The molecule has 3 rings (SSSR count). The highest BCUT2D eigenvalue weighted by atomic mass is 32.1. The van der Waals surface area contributed by atoms with Crippen LogP contribution in [-0.2, 0) is 6.54 Å². The number of rotatable bonds is 5. The van der Waals surface area contributed by atoms with Crippen LogP contribution in [0.2, 0.25) is 0 Å². The molecule has 2 heterocycles. The zero-order valence-corrected chi connectivity index (χ0v) is 14.4. The molecular weight excluding hydrogens is 346 g/mol. The van der Waals surface area contributed by atoms with Gasteiger partial charge in [0.05, 0.1) is 17.4 Å². The molecule has 0 fully saturated rings. The molecule has 0 N–H and O–H groups in total. The van der Waals surface area contributed by atoms with E-state index in [0.717, 1.165) is 22.0 Å². The Morgan fingerprint density at radius 2 is 2.16 bits per heavy atom. The third-order valence-corrected chi connectivity index (χ3v) is 4.50. The van der Waals surface area contributed by atoms with E-state index in [9.17, 15) is 14.9 Å². The Labute approximate surface area is 146 Å². The van der Waals surface area contributed by atoms with E-state index in [1.807, 2.05) is 36.6 Å². The monoisotopic (exact) mass is 361 g/mol. The summed E-state index contributed by atoms with van der Waals surface area (Å²) >= 11 is 1.34. The van der Waals surface area contributed by atoms with Crippen LogP contribution in [0, 0.1) is 10.1 Å². The Morgan fingerprint density at radius 1 is 1.36 bits per heavy atom. The predicted octanol–water partition coefficient (Wildman–Crippen LogP) is 3.36. The van der Waals surface area contributed by atoms with Crippen molar-refractivity contribution in [1.29, 1.82) is 0 Å². The summed E-state index contributed by atoms with van der Waals surface area (Å²) in [6.45, 7) is 4.96. The Hall–Kier alpha value is -2.94. The number of carbonyl (C=O) groups excluding carboxylic acids is 1. The van der Waals surface area contributed by atoms with Gasteiger partial charge in [0.1, 0.15) is 16.2 Å². The summed E-state index contributed by atoms with van der Waals surface area (Å²) in [6, 6.07) is 8.06. The number of amides is 1. The van der Waals surface area contributed by atoms with Gasteiger partial charge in [0.2, 0.25) is 5.76 Å². The molecule has 25 heavy (non-hydrogen) atoms. The number of nitrogens with zero attached hydrogens (tertiary/aromatic N) is 3. The Morgan fingerprint density at radius 3 is 2.80 bits per heavy atom. The van der Waals surface area contributed by atoms with Gasteiger partial charge in [-0.2, -0.15) is 4.99 Å². The fourth-order valence-electron chi connectivity index (χ4n) is 2.43. The molecule has 0 spiro atoms. The molecule has 0 bridgehead atoms. The molecule has 1 amide bonds. The lowest BCUT2D eigenvalue weighted by molar-refractivity contribution is -0.402. The largest absolute Gasteiger partial charge is 0.492 e. The van der Waals surface area contributed by atoms with Crippen molar-refractivity contribution in [3.05, 3.63) is 51.0 Å². The summed E-state index contributed by atoms with van der Waals surface area (Å²) in [7, 11) is 0. The van der Waals surface area contributed by atoms with Crippen molar-refractivity contribution < 1.29 is 18.9 Å². The number of thiazole rings is 1. The summed E-state index contributed by atoms with van der Waals surface area (Å²) in [5.41, 5.74) is 0.869.